The van der Waals surface area contributed by atoms with E-state index in [1.165, 1.54) is 23.5 Å². The summed E-state index contributed by atoms with van der Waals surface area (Å²) >= 11 is 4.03. The van der Waals surface area contributed by atoms with Crippen molar-refractivity contribution in [2.45, 2.75) is 42.9 Å². The van der Waals surface area contributed by atoms with Gasteiger partial charge in [0.1, 0.15) is 5.75 Å². The van der Waals surface area contributed by atoms with Crippen LogP contribution >= 0.6 is 23.5 Å². The average Bonchev–Trinajstić information content (AvgIpc) is 2.61. The van der Waals surface area contributed by atoms with Crippen molar-refractivity contribution in [2.75, 3.05) is 24.7 Å². The molecule has 0 aromatic heterocycles. The van der Waals surface area contributed by atoms with E-state index >= 15 is 0 Å². The lowest BCUT2D eigenvalue weighted by Crippen LogP contribution is -2.47. The Morgan fingerprint density at radius 2 is 2.04 bits per heavy atom. The maximum absolute atomic E-state index is 12.0. The number of piperidine rings is 1. The van der Waals surface area contributed by atoms with E-state index in [1.807, 2.05) is 35.7 Å². The molecule has 0 aliphatic carbocycles. The number of hydrogen-bond acceptors (Lipinski definition) is 5. The van der Waals surface area contributed by atoms with Gasteiger partial charge in [0.25, 0.3) is 5.91 Å². The van der Waals surface area contributed by atoms with Gasteiger partial charge in [0, 0.05) is 12.1 Å². The highest BCUT2D eigenvalue weighted by atomic mass is 32.2. The summed E-state index contributed by atoms with van der Waals surface area (Å²) in [5, 5.41) is 6.46. The monoisotopic (exact) mass is 366 g/mol. The molecule has 2 atom stereocenters. The van der Waals surface area contributed by atoms with Crippen molar-refractivity contribution in [3.63, 3.8) is 0 Å². The minimum absolute atomic E-state index is 0.0310. The molecule has 6 heteroatoms. The number of thioether (sulfide) groups is 2. The highest BCUT2D eigenvalue weighted by molar-refractivity contribution is 8.16. The molecule has 1 amide bonds. The Balaban J connectivity index is 1.43. The third kappa shape index (κ3) is 5.33. The fraction of sp³-hybridized carbons (Fsp3) is 0.611. The molecule has 3 rings (SSSR count). The van der Waals surface area contributed by atoms with Crippen LogP contribution in [0.1, 0.15) is 36.3 Å². The maximum atomic E-state index is 12.0. The lowest BCUT2D eigenvalue weighted by atomic mass is 10.0. The van der Waals surface area contributed by atoms with Gasteiger partial charge in [-0.3, -0.25) is 4.79 Å². The van der Waals surface area contributed by atoms with Crippen molar-refractivity contribution in [2.24, 2.45) is 0 Å². The molecule has 4 nitrogen and oxygen atoms in total. The summed E-state index contributed by atoms with van der Waals surface area (Å²) in [5.74, 6) is 3.21. The summed E-state index contributed by atoms with van der Waals surface area (Å²) in [6.07, 6.45) is 3.27. The second-order valence-corrected chi connectivity index (χ2v) is 9.15. The molecule has 2 heterocycles. The van der Waals surface area contributed by atoms with E-state index in [0.29, 0.717) is 10.6 Å². The molecule has 2 aliphatic rings. The number of carbonyl (C=O) groups excluding carboxylic acids is 1. The predicted molar refractivity (Wildman–Crippen MR) is 103 cm³/mol. The Kier molecular flexibility index (Phi) is 6.75. The van der Waals surface area contributed by atoms with E-state index in [9.17, 15) is 4.79 Å². The highest BCUT2D eigenvalue weighted by Crippen LogP contribution is 2.43. The number of benzene rings is 1. The van der Waals surface area contributed by atoms with Crippen LogP contribution in [0.15, 0.2) is 24.3 Å². The first kappa shape index (κ1) is 18.0. The molecule has 2 unspecified atom stereocenters. The third-order valence-electron chi connectivity index (χ3n) is 4.34. The number of nitrogens with one attached hydrogen (secondary N) is 2. The Labute approximate surface area is 152 Å². The van der Waals surface area contributed by atoms with Crippen LogP contribution in [0.2, 0.25) is 0 Å². The Bertz CT molecular complexity index is 532. The Morgan fingerprint density at radius 3 is 2.75 bits per heavy atom. The van der Waals surface area contributed by atoms with Crippen molar-refractivity contribution in [3.05, 3.63) is 29.8 Å². The largest absolute Gasteiger partial charge is 0.484 e. The second kappa shape index (κ2) is 9.02. The van der Waals surface area contributed by atoms with Gasteiger partial charge >= 0.3 is 0 Å². The summed E-state index contributed by atoms with van der Waals surface area (Å²) in [4.78, 5) is 12.0. The summed E-state index contributed by atoms with van der Waals surface area (Å²) < 4.78 is 6.18. The molecular weight excluding hydrogens is 340 g/mol. The molecule has 0 radical (unpaired) electrons. The van der Waals surface area contributed by atoms with Crippen LogP contribution in [-0.4, -0.2) is 42.6 Å². The van der Waals surface area contributed by atoms with Crippen LogP contribution in [-0.2, 0) is 4.79 Å². The lowest BCUT2D eigenvalue weighted by molar-refractivity contribution is -0.124. The molecule has 132 valence electrons. The molecule has 1 aromatic carbocycles. The molecule has 2 N–H and O–H groups in total. The standard InChI is InChI=1S/C18H26N2O2S2/c1-13-11-15(7-8-19-13)20-17(21)12-22-16-5-3-14(4-6-16)18-23-9-2-10-24-18/h3-6,13,15,18-19H,2,7-12H2,1H3,(H,20,21). The Hall–Kier alpha value is -0.850. The first-order chi connectivity index (χ1) is 11.7. The predicted octanol–water partition coefficient (Wildman–Crippen LogP) is 3.19. The molecular formula is C18H26N2O2S2. The fourth-order valence-corrected chi connectivity index (χ4v) is 5.98. The van der Waals surface area contributed by atoms with Crippen LogP contribution < -0.4 is 15.4 Å². The van der Waals surface area contributed by atoms with E-state index in [1.54, 1.807) is 0 Å². The molecule has 2 aliphatic heterocycles. The maximum Gasteiger partial charge on any atom is 0.258 e. The molecule has 2 saturated heterocycles. The second-order valence-electron chi connectivity index (χ2n) is 6.43. The number of carbonyl (C=O) groups is 1. The first-order valence-corrected chi connectivity index (χ1v) is 10.8. The van der Waals surface area contributed by atoms with Gasteiger partial charge in [-0.25, -0.2) is 0 Å². The van der Waals surface area contributed by atoms with Gasteiger partial charge in [-0.1, -0.05) is 12.1 Å². The minimum Gasteiger partial charge on any atom is -0.484 e. The van der Waals surface area contributed by atoms with E-state index in [-0.39, 0.29) is 18.6 Å². The van der Waals surface area contributed by atoms with Crippen molar-refractivity contribution >= 4 is 29.4 Å². The number of rotatable bonds is 5. The first-order valence-electron chi connectivity index (χ1n) is 8.69. The van der Waals surface area contributed by atoms with Gasteiger partial charge < -0.3 is 15.4 Å². The van der Waals surface area contributed by atoms with Crippen LogP contribution in [0, 0.1) is 0 Å². The SMILES string of the molecule is CC1CC(NC(=O)COc2ccc(C3SCCCS3)cc2)CCN1. The zero-order valence-corrected chi connectivity index (χ0v) is 15.8. The average molecular weight is 367 g/mol. The van der Waals surface area contributed by atoms with Gasteiger partial charge in [-0.05, 0) is 61.9 Å². The van der Waals surface area contributed by atoms with Crippen LogP contribution in [0.4, 0.5) is 0 Å². The third-order valence-corrected chi connectivity index (χ3v) is 7.35. The summed E-state index contributed by atoms with van der Waals surface area (Å²) in [7, 11) is 0. The smallest absolute Gasteiger partial charge is 0.258 e. The van der Waals surface area contributed by atoms with Crippen molar-refractivity contribution in [1.29, 1.82) is 0 Å². The quantitative estimate of drug-likeness (QED) is 0.838. The van der Waals surface area contributed by atoms with E-state index in [4.69, 9.17) is 4.74 Å². The van der Waals surface area contributed by atoms with E-state index in [0.717, 1.165) is 25.1 Å². The number of ether oxygens (including phenoxy) is 1. The zero-order valence-electron chi connectivity index (χ0n) is 14.1. The van der Waals surface area contributed by atoms with Crippen molar-refractivity contribution in [3.8, 4) is 5.75 Å². The highest BCUT2D eigenvalue weighted by Gasteiger charge is 2.20. The van der Waals surface area contributed by atoms with Gasteiger partial charge in [-0.15, -0.1) is 23.5 Å². The van der Waals surface area contributed by atoms with E-state index < -0.39 is 0 Å². The molecule has 0 bridgehead atoms. The zero-order chi connectivity index (χ0) is 16.8. The van der Waals surface area contributed by atoms with E-state index in [2.05, 4.69) is 29.7 Å². The fourth-order valence-electron chi connectivity index (χ4n) is 3.08. The van der Waals surface area contributed by atoms with Crippen molar-refractivity contribution < 1.29 is 9.53 Å². The summed E-state index contributed by atoms with van der Waals surface area (Å²) in [6.45, 7) is 3.20. The minimum atomic E-state index is -0.0310. The van der Waals surface area contributed by atoms with Gasteiger partial charge in [0.2, 0.25) is 0 Å². The topological polar surface area (TPSA) is 50.4 Å². The summed E-state index contributed by atoms with van der Waals surface area (Å²) in [6, 6.07) is 8.93. The number of amides is 1. The normalized spacial score (nSPS) is 25.2. The van der Waals surface area contributed by atoms with Gasteiger partial charge in [0.15, 0.2) is 6.61 Å². The molecule has 0 spiro atoms. The van der Waals surface area contributed by atoms with Gasteiger partial charge in [-0.2, -0.15) is 0 Å². The van der Waals surface area contributed by atoms with Crippen molar-refractivity contribution in [1.82, 2.24) is 10.6 Å². The molecule has 24 heavy (non-hydrogen) atoms. The molecule has 1 aromatic rings. The number of hydrogen-bond donors (Lipinski definition) is 2. The molecule has 0 saturated carbocycles. The molecule has 2 fully saturated rings. The van der Waals surface area contributed by atoms with Crippen LogP contribution in [0.3, 0.4) is 0 Å². The van der Waals surface area contributed by atoms with Crippen LogP contribution in [0.5, 0.6) is 5.75 Å². The van der Waals surface area contributed by atoms with Gasteiger partial charge in [0.05, 0.1) is 4.58 Å². The Morgan fingerprint density at radius 1 is 1.29 bits per heavy atom. The lowest BCUT2D eigenvalue weighted by Gasteiger charge is -2.28. The summed E-state index contributed by atoms with van der Waals surface area (Å²) in [5.41, 5.74) is 1.34. The van der Waals surface area contributed by atoms with Crippen LogP contribution in [0.25, 0.3) is 0 Å².